The van der Waals surface area contributed by atoms with Crippen LogP contribution in [0.1, 0.15) is 5.89 Å². The van der Waals surface area contributed by atoms with E-state index in [1.54, 1.807) is 18.7 Å². The first-order chi connectivity index (χ1) is 6.33. The molecule has 1 aromatic rings. The van der Waals surface area contributed by atoms with E-state index in [-0.39, 0.29) is 0 Å². The molecule has 1 rings (SSSR count). The van der Waals surface area contributed by atoms with Crippen molar-refractivity contribution in [1.82, 2.24) is 15.5 Å². The molecule has 0 aromatic carbocycles. The molecule has 0 atom stereocenters. The lowest BCUT2D eigenvalue weighted by Gasteiger charge is -1.97. The number of nitrogens with one attached hydrogen (secondary N) is 1. The number of hydrogen-bond acceptors (Lipinski definition) is 5. The van der Waals surface area contributed by atoms with E-state index in [1.165, 1.54) is 0 Å². The molecule has 5 heteroatoms. The molecule has 0 aliphatic heterocycles. The van der Waals surface area contributed by atoms with Crippen molar-refractivity contribution in [3.63, 3.8) is 0 Å². The van der Waals surface area contributed by atoms with Crippen molar-refractivity contribution in [1.29, 1.82) is 0 Å². The minimum absolute atomic E-state index is 0.613. The monoisotopic (exact) mass is 199 g/mol. The number of aromatic nitrogens is 2. The first-order valence-electron chi connectivity index (χ1n) is 4.07. The Hall–Kier alpha value is -0.810. The standard InChI is InChI=1S/C8H13N3OS/c1-3-4-9-5-6-13-8-11-10-7(2)12-8/h3,9H,1,4-6H2,2H3. The zero-order valence-electron chi connectivity index (χ0n) is 7.62. The molecule has 72 valence electrons. The summed E-state index contributed by atoms with van der Waals surface area (Å²) in [5, 5.41) is 11.4. The molecule has 0 saturated carbocycles. The Morgan fingerprint density at radius 3 is 3.08 bits per heavy atom. The highest BCUT2D eigenvalue weighted by atomic mass is 32.2. The van der Waals surface area contributed by atoms with E-state index in [4.69, 9.17) is 4.42 Å². The van der Waals surface area contributed by atoms with Gasteiger partial charge in [0.2, 0.25) is 5.89 Å². The molecule has 13 heavy (non-hydrogen) atoms. The molecule has 0 saturated heterocycles. The van der Waals surface area contributed by atoms with Gasteiger partial charge in [-0.3, -0.25) is 0 Å². The van der Waals surface area contributed by atoms with Crippen molar-refractivity contribution in [2.24, 2.45) is 0 Å². The van der Waals surface area contributed by atoms with Crippen LogP contribution in [0.25, 0.3) is 0 Å². The van der Waals surface area contributed by atoms with Crippen LogP contribution >= 0.6 is 11.8 Å². The Morgan fingerprint density at radius 1 is 1.62 bits per heavy atom. The maximum absolute atomic E-state index is 5.18. The van der Waals surface area contributed by atoms with Crippen molar-refractivity contribution in [3.05, 3.63) is 18.5 Å². The molecular formula is C8H13N3OS. The summed E-state index contributed by atoms with van der Waals surface area (Å²) in [6, 6.07) is 0. The topological polar surface area (TPSA) is 51.0 Å². The smallest absolute Gasteiger partial charge is 0.276 e. The second-order valence-corrected chi connectivity index (χ2v) is 3.47. The van der Waals surface area contributed by atoms with Crippen molar-refractivity contribution < 1.29 is 4.42 Å². The lowest BCUT2D eigenvalue weighted by molar-refractivity contribution is 0.429. The van der Waals surface area contributed by atoms with E-state index in [2.05, 4.69) is 22.1 Å². The third-order valence-corrected chi connectivity index (χ3v) is 2.12. The maximum atomic E-state index is 5.18. The highest BCUT2D eigenvalue weighted by Crippen LogP contribution is 2.14. The predicted octanol–water partition coefficient (Wildman–Crippen LogP) is 1.25. The number of thioether (sulfide) groups is 1. The third kappa shape index (κ3) is 4.10. The van der Waals surface area contributed by atoms with Crippen LogP contribution in [0.4, 0.5) is 0 Å². The molecule has 1 heterocycles. The Balaban J connectivity index is 2.09. The van der Waals surface area contributed by atoms with Gasteiger partial charge in [-0.1, -0.05) is 17.8 Å². The van der Waals surface area contributed by atoms with Gasteiger partial charge >= 0.3 is 0 Å². The average molecular weight is 199 g/mol. The molecule has 0 aliphatic rings. The summed E-state index contributed by atoms with van der Waals surface area (Å²) in [7, 11) is 0. The minimum atomic E-state index is 0.613. The molecule has 1 aromatic heterocycles. The summed E-state index contributed by atoms with van der Waals surface area (Å²) >= 11 is 1.55. The Labute approximate surface area is 81.8 Å². The van der Waals surface area contributed by atoms with Gasteiger partial charge in [0.05, 0.1) is 0 Å². The summed E-state index contributed by atoms with van der Waals surface area (Å²) in [4.78, 5) is 0. The molecule has 0 radical (unpaired) electrons. The zero-order chi connectivity index (χ0) is 9.52. The fourth-order valence-electron chi connectivity index (χ4n) is 0.751. The largest absolute Gasteiger partial charge is 0.416 e. The van der Waals surface area contributed by atoms with Crippen LogP contribution in [-0.2, 0) is 0 Å². The quantitative estimate of drug-likeness (QED) is 0.424. The Morgan fingerprint density at radius 2 is 2.46 bits per heavy atom. The van der Waals surface area contributed by atoms with E-state index in [9.17, 15) is 0 Å². The normalized spacial score (nSPS) is 10.2. The van der Waals surface area contributed by atoms with E-state index < -0.39 is 0 Å². The highest BCUT2D eigenvalue weighted by molar-refractivity contribution is 7.99. The molecule has 0 amide bonds. The van der Waals surface area contributed by atoms with Crippen molar-refractivity contribution in [3.8, 4) is 0 Å². The van der Waals surface area contributed by atoms with Gasteiger partial charge in [-0.25, -0.2) is 0 Å². The van der Waals surface area contributed by atoms with Gasteiger partial charge in [0.1, 0.15) is 0 Å². The van der Waals surface area contributed by atoms with E-state index in [0.29, 0.717) is 11.1 Å². The summed E-state index contributed by atoms with van der Waals surface area (Å²) in [5.41, 5.74) is 0. The molecule has 0 spiro atoms. The number of nitrogens with zero attached hydrogens (tertiary/aromatic N) is 2. The maximum Gasteiger partial charge on any atom is 0.276 e. The predicted molar refractivity (Wildman–Crippen MR) is 52.8 cm³/mol. The van der Waals surface area contributed by atoms with Crippen LogP contribution in [0.2, 0.25) is 0 Å². The third-order valence-electron chi connectivity index (χ3n) is 1.30. The summed E-state index contributed by atoms with van der Waals surface area (Å²) in [6.45, 7) is 7.15. The minimum Gasteiger partial charge on any atom is -0.416 e. The van der Waals surface area contributed by atoms with Gasteiger partial charge in [-0.2, -0.15) is 0 Å². The Bertz CT molecular complexity index is 262. The molecule has 4 nitrogen and oxygen atoms in total. The van der Waals surface area contributed by atoms with Gasteiger partial charge in [0.25, 0.3) is 5.22 Å². The fraction of sp³-hybridized carbons (Fsp3) is 0.500. The lowest BCUT2D eigenvalue weighted by Crippen LogP contribution is -2.16. The zero-order valence-corrected chi connectivity index (χ0v) is 8.43. The molecule has 0 aliphatic carbocycles. The second-order valence-electron chi connectivity index (χ2n) is 2.43. The fourth-order valence-corrected chi connectivity index (χ4v) is 1.45. The van der Waals surface area contributed by atoms with Crippen LogP contribution in [0.3, 0.4) is 0 Å². The van der Waals surface area contributed by atoms with Gasteiger partial charge in [0.15, 0.2) is 0 Å². The van der Waals surface area contributed by atoms with Gasteiger partial charge in [-0.15, -0.1) is 16.8 Å². The van der Waals surface area contributed by atoms with Crippen molar-refractivity contribution >= 4 is 11.8 Å². The molecule has 0 fully saturated rings. The van der Waals surface area contributed by atoms with Crippen LogP contribution in [0.15, 0.2) is 22.3 Å². The summed E-state index contributed by atoms with van der Waals surface area (Å²) in [5.74, 6) is 1.54. The Kier molecular flexibility index (Phi) is 4.56. The van der Waals surface area contributed by atoms with E-state index in [1.807, 2.05) is 6.08 Å². The molecule has 0 unspecified atom stereocenters. The summed E-state index contributed by atoms with van der Waals surface area (Å²) in [6.07, 6.45) is 1.83. The van der Waals surface area contributed by atoms with Crippen LogP contribution in [0, 0.1) is 6.92 Å². The number of rotatable bonds is 6. The number of aryl methyl sites for hydroxylation is 1. The average Bonchev–Trinajstić information content (AvgIpc) is 2.51. The number of hydrogen-bond donors (Lipinski definition) is 1. The van der Waals surface area contributed by atoms with E-state index >= 15 is 0 Å². The van der Waals surface area contributed by atoms with Gasteiger partial charge < -0.3 is 9.73 Å². The van der Waals surface area contributed by atoms with Gasteiger partial charge in [0, 0.05) is 25.8 Å². The highest BCUT2D eigenvalue weighted by Gasteiger charge is 2.00. The first-order valence-corrected chi connectivity index (χ1v) is 5.06. The van der Waals surface area contributed by atoms with Crippen molar-refractivity contribution in [2.45, 2.75) is 12.1 Å². The lowest BCUT2D eigenvalue weighted by atomic mass is 10.6. The SMILES string of the molecule is C=CCNCCSc1nnc(C)o1. The van der Waals surface area contributed by atoms with Crippen molar-refractivity contribution in [2.75, 3.05) is 18.8 Å². The summed E-state index contributed by atoms with van der Waals surface area (Å²) < 4.78 is 5.18. The molecular weight excluding hydrogens is 186 g/mol. The second kappa shape index (κ2) is 5.77. The first kappa shape index (κ1) is 10.3. The molecule has 1 N–H and O–H groups in total. The van der Waals surface area contributed by atoms with Crippen LogP contribution < -0.4 is 5.32 Å². The van der Waals surface area contributed by atoms with Crippen LogP contribution in [-0.4, -0.2) is 29.0 Å². The van der Waals surface area contributed by atoms with E-state index in [0.717, 1.165) is 18.8 Å². The molecule has 0 bridgehead atoms. The van der Waals surface area contributed by atoms with Crippen LogP contribution in [0.5, 0.6) is 0 Å². The van der Waals surface area contributed by atoms with Gasteiger partial charge in [-0.05, 0) is 0 Å².